The Bertz CT molecular complexity index is 6090. The van der Waals surface area contributed by atoms with Gasteiger partial charge < -0.3 is 14.2 Å². The summed E-state index contributed by atoms with van der Waals surface area (Å²) in [7, 11) is 0. The van der Waals surface area contributed by atoms with E-state index in [9.17, 15) is 11.0 Å². The van der Waals surface area contributed by atoms with Gasteiger partial charge in [-0.05, 0) is 205 Å². The van der Waals surface area contributed by atoms with Gasteiger partial charge in [0.25, 0.3) is 6.71 Å². The van der Waals surface area contributed by atoms with Crippen molar-refractivity contribution in [2.24, 2.45) is 0 Å². The third-order valence-electron chi connectivity index (χ3n) is 22.0. The molecule has 3 aliphatic rings. The van der Waals surface area contributed by atoms with Gasteiger partial charge in [-0.25, -0.2) is 0 Å². The summed E-state index contributed by atoms with van der Waals surface area (Å²) in [5.41, 5.74) is 20.6. The second kappa shape index (κ2) is 23.7. The fourth-order valence-electron chi connectivity index (χ4n) is 16.4. The van der Waals surface area contributed by atoms with Crippen LogP contribution in [0, 0.1) is 0 Å². The molecule has 1 aliphatic carbocycles. The first-order valence-corrected chi connectivity index (χ1v) is 36.3. The number of nitrogens with zero attached hydrogens (tertiary/aromatic N) is 2. The molecule has 0 N–H and O–H groups in total. The molecule has 0 saturated carbocycles. The Balaban J connectivity index is 1.03. The van der Waals surface area contributed by atoms with Gasteiger partial charge in [-0.15, -0.1) is 0 Å². The van der Waals surface area contributed by atoms with Gasteiger partial charge >= 0.3 is 0 Å². The van der Waals surface area contributed by atoms with E-state index in [2.05, 4.69) is 277 Å². The quantitative estimate of drug-likeness (QED) is 0.141. The van der Waals surface area contributed by atoms with E-state index in [0.29, 0.717) is 44.9 Å². The molecule has 4 heteroatoms. The second-order valence-corrected chi connectivity index (χ2v) is 33.8. The van der Waals surface area contributed by atoms with Gasteiger partial charge in [-0.2, -0.15) is 0 Å². The Morgan fingerprint density at radius 3 is 1.41 bits per heavy atom. The summed E-state index contributed by atoms with van der Waals surface area (Å²) in [6.07, 6.45) is 0. The molecular formula is C99H91BN2O. The molecule has 1 aromatic heterocycles. The summed E-state index contributed by atoms with van der Waals surface area (Å²) < 4.78 is 106. The molecule has 0 atom stereocenters. The maximum absolute atomic E-state index is 10.0. The molecule has 17 rings (SSSR count). The summed E-state index contributed by atoms with van der Waals surface area (Å²) in [5.74, 6) is 1.28. The molecule has 13 aromatic carbocycles. The predicted molar refractivity (Wildman–Crippen MR) is 439 cm³/mol. The van der Waals surface area contributed by atoms with E-state index in [0.717, 1.165) is 83.6 Å². The van der Waals surface area contributed by atoms with Crippen LogP contribution in [0.15, 0.2) is 279 Å². The minimum absolute atomic E-state index is 0.136. The first kappa shape index (κ1) is 55.0. The fourth-order valence-corrected chi connectivity index (χ4v) is 16.4. The molecule has 103 heavy (non-hydrogen) atoms. The van der Waals surface area contributed by atoms with E-state index in [1.165, 1.54) is 38.6 Å². The molecule has 0 radical (unpaired) electrons. The molecule has 3 nitrogen and oxygen atoms in total. The summed E-state index contributed by atoms with van der Waals surface area (Å²) in [4.78, 5) is 2.55. The van der Waals surface area contributed by atoms with Crippen LogP contribution in [0.4, 0.5) is 17.1 Å². The van der Waals surface area contributed by atoms with Crippen molar-refractivity contribution in [1.29, 1.82) is 0 Å². The zero-order valence-corrected chi connectivity index (χ0v) is 61.7. The van der Waals surface area contributed by atoms with Crippen LogP contribution in [0.25, 0.3) is 83.1 Å². The standard InChI is InChI=1S/C99H91BN2O/c1-94(2,3)69-44-48-85-80(57-69)81-58-70(95(4,5)6)45-49-86(81)101(85)74-46-47-83-87(61-74)102(93-78(62-31-20-16-21-32-62)59-73(98(13,14)15)60-79(93)63-33-22-17-23-34-63)88-54-66(65-51-71(96(7,8)9)56-72(52-65)97(10,11)12)55-90-92(88)100(83)84-53-64(43-50-89(84)103-90)75-40-30-41-77-76-39-28-29-42-82(76)99(91(75)77,67-35-24-18-25-36-67)68-37-26-19-27-38-68/h16-61H,1-15H3/i18D,19D,24D,25D,26D,27D,35D,36D,37D,38D. The number of aromatic nitrogens is 1. The zero-order valence-electron chi connectivity index (χ0n) is 71.7. The number of anilines is 3. The molecule has 3 heterocycles. The van der Waals surface area contributed by atoms with Crippen molar-refractivity contribution in [1.82, 2.24) is 4.57 Å². The number of hydrogen-bond donors (Lipinski definition) is 0. The van der Waals surface area contributed by atoms with Gasteiger partial charge in [0.1, 0.15) is 11.5 Å². The normalized spacial score (nSPS) is 15.3. The summed E-state index contributed by atoms with van der Waals surface area (Å²) >= 11 is 0. The maximum Gasteiger partial charge on any atom is 0.256 e. The van der Waals surface area contributed by atoms with Gasteiger partial charge in [-0.1, -0.05) is 316 Å². The Labute approximate surface area is 624 Å². The highest BCUT2D eigenvalue weighted by Crippen LogP contribution is 2.60. The molecule has 14 aromatic rings. The second-order valence-electron chi connectivity index (χ2n) is 33.8. The highest BCUT2D eigenvalue weighted by molar-refractivity contribution is 6.99. The lowest BCUT2D eigenvalue weighted by molar-refractivity contribution is 0.488. The van der Waals surface area contributed by atoms with Gasteiger partial charge in [0, 0.05) is 39.0 Å². The summed E-state index contributed by atoms with van der Waals surface area (Å²) in [6, 6.07) is 72.4. The topological polar surface area (TPSA) is 17.4 Å². The summed E-state index contributed by atoms with van der Waals surface area (Å²) in [5, 5.41) is 2.33. The molecule has 0 bridgehead atoms. The predicted octanol–water partition coefficient (Wildman–Crippen LogP) is 24.7. The molecule has 0 unspecified atom stereocenters. The molecule has 0 spiro atoms. The highest BCUT2D eigenvalue weighted by Gasteiger charge is 2.49. The number of rotatable bonds is 8. The number of fused-ring (bicyclic) bond motifs is 10. The first-order chi connectivity index (χ1) is 53.4. The molecular weight excluding hydrogens is 1240 g/mol. The Kier molecular flexibility index (Phi) is 12.7. The van der Waals surface area contributed by atoms with Crippen LogP contribution in [0.1, 0.15) is 168 Å². The minimum Gasteiger partial charge on any atom is -0.458 e. The Morgan fingerprint density at radius 2 is 0.854 bits per heavy atom. The van der Waals surface area contributed by atoms with Crippen LogP contribution >= 0.6 is 0 Å². The van der Waals surface area contributed by atoms with E-state index in [1.807, 2.05) is 42.5 Å². The van der Waals surface area contributed by atoms with E-state index < -0.39 is 72.6 Å². The van der Waals surface area contributed by atoms with Gasteiger partial charge in [-0.3, -0.25) is 0 Å². The van der Waals surface area contributed by atoms with Crippen molar-refractivity contribution in [3.8, 4) is 72.8 Å². The third kappa shape index (κ3) is 10.8. The molecule has 506 valence electrons. The summed E-state index contributed by atoms with van der Waals surface area (Å²) in [6.45, 7) is 33.6. The van der Waals surface area contributed by atoms with Gasteiger partial charge in [0.15, 0.2) is 0 Å². The fraction of sp³-hybridized carbons (Fsp3) is 0.212. The highest BCUT2D eigenvalue weighted by atomic mass is 16.5. The molecule has 0 fully saturated rings. The monoisotopic (exact) mass is 1340 g/mol. The lowest BCUT2D eigenvalue weighted by Gasteiger charge is -2.42. The Hall–Kier alpha value is -10.7. The smallest absolute Gasteiger partial charge is 0.256 e. The average Bonchev–Trinajstić information content (AvgIpc) is 1.57. The SMILES string of the molecule is [2H]c1c([2H])c([2H])c(C2(c3c([2H])c([2H])c([2H])c([2H])c3[2H])c3ccccc3-c3cccc(-c4ccc5c(c4)B4c6ccc(-n7c8ccc(C(C)(C)C)cc8c8cc(C(C)(C)C)ccc87)cc6N(c6c(-c7ccccc7)cc(C(C)(C)C)cc6-c6ccccc6)c6cc(-c7cc(C(C)(C)C)cc(C(C)(C)C)c7)cc(c64)O5)c32)c([2H])c1[2H]. The molecule has 0 amide bonds. The number of benzene rings is 13. The largest absolute Gasteiger partial charge is 0.458 e. The lowest BCUT2D eigenvalue weighted by Crippen LogP contribution is -2.59. The van der Waals surface area contributed by atoms with Crippen LogP contribution in [0.3, 0.4) is 0 Å². The van der Waals surface area contributed by atoms with Crippen molar-refractivity contribution in [2.75, 3.05) is 4.90 Å². The minimum atomic E-state index is -2.11. The van der Waals surface area contributed by atoms with Crippen molar-refractivity contribution < 1.29 is 18.4 Å². The number of ether oxygens (including phenoxy) is 1. The maximum atomic E-state index is 10.0. The van der Waals surface area contributed by atoms with Crippen molar-refractivity contribution >= 4 is 62.0 Å². The zero-order chi connectivity index (χ0) is 80.1. The lowest BCUT2D eigenvalue weighted by atomic mass is 9.34. The molecule has 0 saturated heterocycles. The van der Waals surface area contributed by atoms with Gasteiger partial charge in [0.05, 0.1) is 35.8 Å². The number of hydrogen-bond acceptors (Lipinski definition) is 2. The van der Waals surface area contributed by atoms with Crippen LogP contribution in [0.2, 0.25) is 0 Å². The van der Waals surface area contributed by atoms with Crippen molar-refractivity contribution in [3.63, 3.8) is 0 Å². The van der Waals surface area contributed by atoms with E-state index >= 15 is 0 Å². The van der Waals surface area contributed by atoms with E-state index in [-0.39, 0.29) is 38.2 Å². The van der Waals surface area contributed by atoms with Crippen LogP contribution in [-0.4, -0.2) is 11.3 Å². The first-order valence-electron chi connectivity index (χ1n) is 41.3. The van der Waals surface area contributed by atoms with Crippen molar-refractivity contribution in [2.45, 2.75) is 136 Å². The Morgan fingerprint density at radius 1 is 0.350 bits per heavy atom. The van der Waals surface area contributed by atoms with E-state index in [4.69, 9.17) is 7.48 Å². The van der Waals surface area contributed by atoms with Crippen LogP contribution < -0.4 is 26.0 Å². The third-order valence-corrected chi connectivity index (χ3v) is 22.0. The van der Waals surface area contributed by atoms with Crippen LogP contribution in [0.5, 0.6) is 11.5 Å². The average molecular weight is 1350 g/mol. The van der Waals surface area contributed by atoms with E-state index in [1.54, 1.807) is 12.1 Å². The van der Waals surface area contributed by atoms with Crippen LogP contribution in [-0.2, 0) is 32.5 Å². The van der Waals surface area contributed by atoms with Crippen molar-refractivity contribution in [3.05, 3.63) is 329 Å². The van der Waals surface area contributed by atoms with Gasteiger partial charge in [0.2, 0.25) is 0 Å². The molecule has 2 aliphatic heterocycles.